The molecule has 2 fully saturated rings. The molecule has 3 heterocycles. The maximum absolute atomic E-state index is 12.6. The van der Waals surface area contributed by atoms with Gasteiger partial charge in [0.2, 0.25) is 0 Å². The molecule has 1 aromatic rings. The summed E-state index contributed by atoms with van der Waals surface area (Å²) in [6.07, 6.45) is -5.27. The molecule has 2 N–H and O–H groups in total. The van der Waals surface area contributed by atoms with E-state index in [1.54, 1.807) is 17.9 Å². The molecule has 0 bridgehead atoms. The number of fused-ring (bicyclic) bond motifs is 3. The molecular formula is C17H19F3N4O4. The third-order valence-electron chi connectivity index (χ3n) is 5.10. The average molecular weight is 400 g/mol. The first-order chi connectivity index (χ1) is 13.2. The smallest absolute Gasteiger partial charge is 0.488 e. The molecule has 0 radical (unpaired) electrons. The predicted octanol–water partition coefficient (Wildman–Crippen LogP) is 0.729. The summed E-state index contributed by atoms with van der Waals surface area (Å²) in [6.45, 7) is 3.40. The standard InChI is InChI=1S/C17H19F3N4O4/c1-9-15(25)22-24(28-16(26)17(18,19)20)14-8-27-13-3-2-10(4-11-6-21-7-11)5-12(13)23(9)14/h2-3,5,9,11,14,21H,4,6-8H2,1H3,(H,22,25). The molecule has 2 unspecified atom stereocenters. The topological polar surface area (TPSA) is 83.1 Å². The molecule has 2 saturated heterocycles. The van der Waals surface area contributed by atoms with E-state index < -0.39 is 30.3 Å². The van der Waals surface area contributed by atoms with Crippen LogP contribution in [-0.2, 0) is 20.8 Å². The van der Waals surface area contributed by atoms with Crippen molar-refractivity contribution < 1.29 is 32.3 Å². The van der Waals surface area contributed by atoms with Crippen LogP contribution in [0.15, 0.2) is 18.2 Å². The molecule has 2 atom stereocenters. The van der Waals surface area contributed by atoms with Crippen molar-refractivity contribution in [2.24, 2.45) is 5.92 Å². The van der Waals surface area contributed by atoms with Crippen LogP contribution in [0.1, 0.15) is 12.5 Å². The zero-order chi connectivity index (χ0) is 20.1. The van der Waals surface area contributed by atoms with Gasteiger partial charge in [0.1, 0.15) is 18.4 Å². The van der Waals surface area contributed by atoms with Crippen LogP contribution in [0.4, 0.5) is 18.9 Å². The highest BCUT2D eigenvalue weighted by molar-refractivity contribution is 5.87. The first-order valence-electron chi connectivity index (χ1n) is 8.87. The molecule has 3 aliphatic heterocycles. The van der Waals surface area contributed by atoms with Crippen molar-refractivity contribution >= 4 is 17.6 Å². The number of benzene rings is 1. The van der Waals surface area contributed by atoms with Gasteiger partial charge < -0.3 is 19.8 Å². The van der Waals surface area contributed by atoms with Crippen molar-refractivity contribution in [1.82, 2.24) is 15.9 Å². The lowest BCUT2D eigenvalue weighted by molar-refractivity contribution is -0.265. The summed E-state index contributed by atoms with van der Waals surface area (Å²) in [7, 11) is 0. The number of amides is 1. The second-order valence-corrected chi connectivity index (χ2v) is 7.08. The Hall–Kier alpha value is -2.53. The van der Waals surface area contributed by atoms with E-state index in [-0.39, 0.29) is 6.61 Å². The number of nitrogens with zero attached hydrogens (tertiary/aromatic N) is 2. The summed E-state index contributed by atoms with van der Waals surface area (Å²) in [5, 5.41) is 3.72. The van der Waals surface area contributed by atoms with Gasteiger partial charge in [-0.05, 0) is 55.2 Å². The van der Waals surface area contributed by atoms with E-state index in [9.17, 15) is 22.8 Å². The van der Waals surface area contributed by atoms with Crippen LogP contribution in [0.5, 0.6) is 5.75 Å². The van der Waals surface area contributed by atoms with Gasteiger partial charge in [-0.15, -0.1) is 0 Å². The Kier molecular flexibility index (Phi) is 4.58. The number of carbonyl (C=O) groups excluding carboxylic acids is 2. The summed E-state index contributed by atoms with van der Waals surface area (Å²) in [5.41, 5.74) is 3.80. The number of alkyl halides is 3. The summed E-state index contributed by atoms with van der Waals surface area (Å²) in [5.74, 6) is -1.97. The molecule has 1 aromatic carbocycles. The highest BCUT2D eigenvalue weighted by Gasteiger charge is 2.49. The van der Waals surface area contributed by atoms with Gasteiger partial charge >= 0.3 is 12.1 Å². The zero-order valence-corrected chi connectivity index (χ0v) is 15.0. The highest BCUT2D eigenvalue weighted by atomic mass is 19.4. The Morgan fingerprint density at radius 1 is 1.36 bits per heavy atom. The van der Waals surface area contributed by atoms with Crippen molar-refractivity contribution in [3.63, 3.8) is 0 Å². The van der Waals surface area contributed by atoms with Crippen LogP contribution in [-0.4, -0.2) is 55.1 Å². The first-order valence-corrected chi connectivity index (χ1v) is 8.87. The molecule has 0 spiro atoms. The van der Waals surface area contributed by atoms with Gasteiger partial charge in [-0.25, -0.2) is 4.79 Å². The Labute approximate surface area is 158 Å². The van der Waals surface area contributed by atoms with Crippen LogP contribution in [0.3, 0.4) is 0 Å². The number of hydroxylamine groups is 1. The zero-order valence-electron chi connectivity index (χ0n) is 15.0. The number of nitrogens with one attached hydrogen (secondary N) is 2. The number of hydrazine groups is 1. The van der Waals surface area contributed by atoms with Crippen molar-refractivity contribution in [2.75, 3.05) is 24.6 Å². The van der Waals surface area contributed by atoms with Gasteiger partial charge in [0.25, 0.3) is 5.91 Å². The maximum atomic E-state index is 12.6. The van der Waals surface area contributed by atoms with Gasteiger partial charge in [0.15, 0.2) is 6.17 Å². The fraction of sp³-hybridized carbons (Fsp3) is 0.529. The van der Waals surface area contributed by atoms with Gasteiger partial charge in [0.05, 0.1) is 5.69 Å². The van der Waals surface area contributed by atoms with E-state index in [0.717, 1.165) is 25.1 Å². The van der Waals surface area contributed by atoms with E-state index in [2.05, 4.69) is 15.6 Å². The lowest BCUT2D eigenvalue weighted by Gasteiger charge is -2.48. The fourth-order valence-electron chi connectivity index (χ4n) is 3.52. The maximum Gasteiger partial charge on any atom is 0.492 e. The van der Waals surface area contributed by atoms with Crippen molar-refractivity contribution in [3.05, 3.63) is 23.8 Å². The molecular weight excluding hydrogens is 381 g/mol. The van der Waals surface area contributed by atoms with Gasteiger partial charge in [0, 0.05) is 0 Å². The summed E-state index contributed by atoms with van der Waals surface area (Å²) >= 11 is 0. The van der Waals surface area contributed by atoms with Crippen molar-refractivity contribution in [2.45, 2.75) is 31.7 Å². The van der Waals surface area contributed by atoms with E-state index in [0.29, 0.717) is 22.5 Å². The molecule has 0 aliphatic carbocycles. The summed E-state index contributed by atoms with van der Waals surface area (Å²) < 4.78 is 43.4. The van der Waals surface area contributed by atoms with E-state index in [4.69, 9.17) is 4.74 Å². The van der Waals surface area contributed by atoms with Crippen molar-refractivity contribution in [3.8, 4) is 5.75 Å². The molecule has 4 rings (SSSR count). The quantitative estimate of drug-likeness (QED) is 0.774. The molecule has 0 saturated carbocycles. The Morgan fingerprint density at radius 2 is 2.11 bits per heavy atom. The summed E-state index contributed by atoms with van der Waals surface area (Å²) in [4.78, 5) is 29.6. The average Bonchev–Trinajstić information content (AvgIpc) is 2.60. The minimum absolute atomic E-state index is 0.0886. The van der Waals surface area contributed by atoms with Gasteiger partial charge in [-0.1, -0.05) is 6.07 Å². The Bertz CT molecular complexity index is 799. The number of anilines is 1. The Balaban J connectivity index is 1.62. The van der Waals surface area contributed by atoms with Gasteiger partial charge in [-0.3, -0.25) is 10.2 Å². The van der Waals surface area contributed by atoms with Crippen LogP contribution < -0.4 is 20.4 Å². The minimum atomic E-state index is -5.18. The van der Waals surface area contributed by atoms with Crippen LogP contribution in [0.25, 0.3) is 0 Å². The molecule has 8 nitrogen and oxygen atoms in total. The number of halogens is 3. The van der Waals surface area contributed by atoms with E-state index >= 15 is 0 Å². The second kappa shape index (κ2) is 6.82. The highest BCUT2D eigenvalue weighted by Crippen LogP contribution is 2.39. The second-order valence-electron chi connectivity index (χ2n) is 7.08. The largest absolute Gasteiger partial charge is 0.492 e. The normalized spacial score (nSPS) is 25.1. The molecule has 28 heavy (non-hydrogen) atoms. The van der Waals surface area contributed by atoms with E-state index in [1.807, 2.05) is 12.1 Å². The molecule has 3 aliphatic rings. The third kappa shape index (κ3) is 3.35. The number of ether oxygens (including phenoxy) is 1. The number of rotatable bonds is 3. The van der Waals surface area contributed by atoms with E-state index in [1.165, 1.54) is 0 Å². The van der Waals surface area contributed by atoms with Crippen molar-refractivity contribution in [1.29, 1.82) is 0 Å². The SMILES string of the molecule is CC1C(=O)NN(OC(=O)C(F)(F)F)C2COc3ccc(CC4CNC4)cc3N12. The fourth-order valence-corrected chi connectivity index (χ4v) is 3.52. The van der Waals surface area contributed by atoms with Crippen LogP contribution >= 0.6 is 0 Å². The number of carbonyl (C=O) groups is 2. The molecule has 11 heteroatoms. The lowest BCUT2D eigenvalue weighted by Crippen LogP contribution is -2.70. The lowest BCUT2D eigenvalue weighted by atomic mass is 9.93. The molecule has 152 valence electrons. The first kappa shape index (κ1) is 18.8. The van der Waals surface area contributed by atoms with Crippen LogP contribution in [0.2, 0.25) is 0 Å². The predicted molar refractivity (Wildman–Crippen MR) is 89.9 cm³/mol. The van der Waals surface area contributed by atoms with Crippen LogP contribution in [0, 0.1) is 5.92 Å². The number of hydrogen-bond donors (Lipinski definition) is 2. The third-order valence-corrected chi connectivity index (χ3v) is 5.10. The number of hydrogen-bond acceptors (Lipinski definition) is 7. The monoisotopic (exact) mass is 400 g/mol. The molecule has 1 amide bonds. The Morgan fingerprint density at radius 3 is 2.75 bits per heavy atom. The summed E-state index contributed by atoms with van der Waals surface area (Å²) in [6, 6.07) is 4.92. The van der Waals surface area contributed by atoms with Gasteiger partial charge in [-0.2, -0.15) is 13.2 Å². The minimum Gasteiger partial charge on any atom is -0.488 e. The molecule has 0 aromatic heterocycles.